The molecule has 0 radical (unpaired) electrons. The molecule has 1 aliphatic rings. The molecular weight excluding hydrogens is 242 g/mol. The molecule has 0 fully saturated rings. The fraction of sp³-hybridized carbons (Fsp3) is 0.500. The zero-order valence-corrected chi connectivity index (χ0v) is 12.0. The molecule has 1 amide bonds. The predicted molar refractivity (Wildman–Crippen MR) is 71.8 cm³/mol. The Morgan fingerprint density at radius 1 is 1.37 bits per heavy atom. The van der Waals surface area contributed by atoms with Crippen LogP contribution < -0.4 is 4.74 Å². The van der Waals surface area contributed by atoms with E-state index in [9.17, 15) is 4.79 Å². The van der Waals surface area contributed by atoms with Crippen LogP contribution in [0.5, 0.6) is 5.88 Å². The SMILES string of the molecule is C=C1Oc2ncc(C(C)(C)C)nc2C(=O)N1C(C)C. The molecule has 0 N–H and O–H groups in total. The van der Waals surface area contributed by atoms with Crippen LogP contribution in [0.1, 0.15) is 50.8 Å². The number of fused-ring (bicyclic) bond motifs is 1. The topological polar surface area (TPSA) is 55.3 Å². The van der Waals surface area contributed by atoms with Crippen molar-refractivity contribution in [3.05, 3.63) is 30.0 Å². The van der Waals surface area contributed by atoms with E-state index in [2.05, 4.69) is 16.5 Å². The summed E-state index contributed by atoms with van der Waals surface area (Å²) in [7, 11) is 0. The molecule has 0 unspecified atom stereocenters. The molecule has 1 aromatic heterocycles. The second-order valence-electron chi connectivity index (χ2n) is 5.92. The first kappa shape index (κ1) is 13.5. The zero-order chi connectivity index (χ0) is 14.4. The molecular formula is C14H19N3O2. The van der Waals surface area contributed by atoms with E-state index in [1.807, 2.05) is 34.6 Å². The smallest absolute Gasteiger partial charge is 0.285 e. The van der Waals surface area contributed by atoms with Gasteiger partial charge < -0.3 is 4.74 Å². The van der Waals surface area contributed by atoms with Crippen LogP contribution in [0.25, 0.3) is 0 Å². The van der Waals surface area contributed by atoms with Gasteiger partial charge in [0.15, 0.2) is 11.6 Å². The highest BCUT2D eigenvalue weighted by Gasteiger charge is 2.34. The number of nitrogens with zero attached hydrogens (tertiary/aromatic N) is 3. The lowest BCUT2D eigenvalue weighted by molar-refractivity contribution is 0.0624. The first-order valence-corrected chi connectivity index (χ1v) is 6.29. The van der Waals surface area contributed by atoms with E-state index < -0.39 is 0 Å². The van der Waals surface area contributed by atoms with Gasteiger partial charge in [-0.25, -0.2) is 9.97 Å². The highest BCUT2D eigenvalue weighted by atomic mass is 16.5. The summed E-state index contributed by atoms with van der Waals surface area (Å²) in [6.45, 7) is 13.6. The Labute approximate surface area is 113 Å². The van der Waals surface area contributed by atoms with Gasteiger partial charge in [-0.1, -0.05) is 20.8 Å². The summed E-state index contributed by atoms with van der Waals surface area (Å²) in [6, 6.07) is -0.0340. The molecule has 102 valence electrons. The van der Waals surface area contributed by atoms with E-state index in [0.717, 1.165) is 5.69 Å². The molecule has 2 heterocycles. The average molecular weight is 261 g/mol. The fourth-order valence-electron chi connectivity index (χ4n) is 1.86. The van der Waals surface area contributed by atoms with Gasteiger partial charge >= 0.3 is 0 Å². The number of hydrogen-bond acceptors (Lipinski definition) is 4. The lowest BCUT2D eigenvalue weighted by atomic mass is 9.92. The van der Waals surface area contributed by atoms with Crippen molar-refractivity contribution in [2.75, 3.05) is 0 Å². The summed E-state index contributed by atoms with van der Waals surface area (Å²) in [5, 5.41) is 0. The largest absolute Gasteiger partial charge is 0.420 e. The van der Waals surface area contributed by atoms with Gasteiger partial charge in [0, 0.05) is 11.5 Å². The third-order valence-corrected chi connectivity index (χ3v) is 2.93. The van der Waals surface area contributed by atoms with Gasteiger partial charge in [0.25, 0.3) is 11.8 Å². The van der Waals surface area contributed by atoms with E-state index in [0.29, 0.717) is 5.88 Å². The molecule has 0 bridgehead atoms. The van der Waals surface area contributed by atoms with Crippen LogP contribution in [0.4, 0.5) is 0 Å². The molecule has 19 heavy (non-hydrogen) atoms. The third kappa shape index (κ3) is 2.32. The first-order chi connectivity index (χ1) is 8.71. The maximum absolute atomic E-state index is 12.4. The van der Waals surface area contributed by atoms with Crippen LogP contribution >= 0.6 is 0 Å². The summed E-state index contributed by atoms with van der Waals surface area (Å²) < 4.78 is 5.48. The molecule has 0 spiro atoms. The number of carbonyl (C=O) groups excluding carboxylic acids is 1. The standard InChI is InChI=1S/C14H19N3O2/c1-8(2)17-9(3)19-12-11(13(17)18)16-10(7-15-12)14(4,5)6/h7-8H,3H2,1-2,4-6H3. The average Bonchev–Trinajstić information content (AvgIpc) is 2.26. The minimum Gasteiger partial charge on any atom is -0.420 e. The normalized spacial score (nSPS) is 15.6. The molecule has 2 rings (SSSR count). The second kappa shape index (κ2) is 4.33. The van der Waals surface area contributed by atoms with Crippen LogP contribution in [-0.4, -0.2) is 26.8 Å². The van der Waals surface area contributed by atoms with E-state index in [1.54, 1.807) is 6.20 Å². The number of ether oxygens (including phenoxy) is 1. The molecule has 0 saturated heterocycles. The van der Waals surface area contributed by atoms with Gasteiger partial charge in [0.1, 0.15) is 0 Å². The van der Waals surface area contributed by atoms with Crippen molar-refractivity contribution in [3.63, 3.8) is 0 Å². The van der Waals surface area contributed by atoms with E-state index in [-0.39, 0.29) is 28.9 Å². The summed E-state index contributed by atoms with van der Waals surface area (Å²) in [6.07, 6.45) is 1.64. The molecule has 5 nitrogen and oxygen atoms in total. The monoisotopic (exact) mass is 261 g/mol. The number of aromatic nitrogens is 2. The van der Waals surface area contributed by atoms with Crippen LogP contribution in [0, 0.1) is 0 Å². The first-order valence-electron chi connectivity index (χ1n) is 6.29. The predicted octanol–water partition coefficient (Wildman–Crippen LogP) is 2.49. The Morgan fingerprint density at radius 2 is 2.00 bits per heavy atom. The van der Waals surface area contributed by atoms with Crippen LogP contribution in [0.15, 0.2) is 18.7 Å². The van der Waals surface area contributed by atoms with Gasteiger partial charge in [-0.15, -0.1) is 0 Å². The van der Waals surface area contributed by atoms with Crippen molar-refractivity contribution in [3.8, 4) is 5.88 Å². The molecule has 0 atom stereocenters. The number of amides is 1. The van der Waals surface area contributed by atoms with Crippen molar-refractivity contribution in [1.82, 2.24) is 14.9 Å². The van der Waals surface area contributed by atoms with E-state index in [1.165, 1.54) is 4.90 Å². The van der Waals surface area contributed by atoms with Gasteiger partial charge in [-0.05, 0) is 20.4 Å². The van der Waals surface area contributed by atoms with Gasteiger partial charge in [-0.3, -0.25) is 9.69 Å². The van der Waals surface area contributed by atoms with Crippen molar-refractivity contribution in [2.45, 2.75) is 46.1 Å². The quantitative estimate of drug-likeness (QED) is 0.779. The van der Waals surface area contributed by atoms with Crippen LogP contribution in [0.2, 0.25) is 0 Å². The van der Waals surface area contributed by atoms with E-state index >= 15 is 0 Å². The third-order valence-electron chi connectivity index (χ3n) is 2.93. The van der Waals surface area contributed by atoms with Gasteiger partial charge in [0.05, 0.1) is 11.9 Å². The van der Waals surface area contributed by atoms with Crippen molar-refractivity contribution >= 4 is 5.91 Å². The summed E-state index contributed by atoms with van der Waals surface area (Å²) in [5.41, 5.74) is 0.854. The summed E-state index contributed by atoms with van der Waals surface area (Å²) in [5.74, 6) is 0.324. The Bertz CT molecular complexity index is 544. The number of carbonyl (C=O) groups is 1. The minimum atomic E-state index is -0.208. The number of rotatable bonds is 1. The number of hydrogen-bond donors (Lipinski definition) is 0. The molecule has 0 aliphatic carbocycles. The van der Waals surface area contributed by atoms with Crippen molar-refractivity contribution in [2.24, 2.45) is 0 Å². The lowest BCUT2D eigenvalue weighted by Gasteiger charge is -2.32. The van der Waals surface area contributed by atoms with Gasteiger partial charge in [-0.2, -0.15) is 0 Å². The molecule has 0 aromatic carbocycles. The van der Waals surface area contributed by atoms with Crippen LogP contribution in [0.3, 0.4) is 0 Å². The highest BCUT2D eigenvalue weighted by molar-refractivity contribution is 5.96. The minimum absolute atomic E-state index is 0.0340. The summed E-state index contributed by atoms with van der Waals surface area (Å²) >= 11 is 0. The highest BCUT2D eigenvalue weighted by Crippen LogP contribution is 2.29. The fourth-order valence-corrected chi connectivity index (χ4v) is 1.86. The molecule has 5 heteroatoms. The van der Waals surface area contributed by atoms with Gasteiger partial charge in [0.2, 0.25) is 0 Å². The molecule has 1 aliphatic heterocycles. The Kier molecular flexibility index (Phi) is 3.08. The van der Waals surface area contributed by atoms with Crippen molar-refractivity contribution < 1.29 is 9.53 Å². The second-order valence-corrected chi connectivity index (χ2v) is 5.92. The van der Waals surface area contributed by atoms with E-state index in [4.69, 9.17) is 4.74 Å². The summed E-state index contributed by atoms with van der Waals surface area (Å²) in [4.78, 5) is 22.5. The maximum Gasteiger partial charge on any atom is 0.285 e. The Hall–Kier alpha value is -1.91. The Balaban J connectivity index is 2.51. The molecule has 0 saturated carbocycles. The lowest BCUT2D eigenvalue weighted by Crippen LogP contribution is -2.42. The Morgan fingerprint density at radius 3 is 2.53 bits per heavy atom. The zero-order valence-electron chi connectivity index (χ0n) is 12.0. The van der Waals surface area contributed by atoms with Crippen molar-refractivity contribution in [1.29, 1.82) is 0 Å². The molecule has 1 aromatic rings. The maximum atomic E-state index is 12.4. The van der Waals surface area contributed by atoms with Crippen LogP contribution in [-0.2, 0) is 5.41 Å².